The average molecular weight is 379 g/mol. The van der Waals surface area contributed by atoms with Crippen molar-refractivity contribution in [1.82, 2.24) is 9.80 Å². The Labute approximate surface area is 154 Å². The van der Waals surface area contributed by atoms with E-state index in [2.05, 4.69) is 9.80 Å². The van der Waals surface area contributed by atoms with Crippen LogP contribution in [0.5, 0.6) is 0 Å². The molecular formula is C14H30N2O4Y. The molecule has 0 spiro atoms. The van der Waals surface area contributed by atoms with Gasteiger partial charge in [0, 0.05) is 72.4 Å². The standard InChI is InChI=1S/C14H30N2O4.Y/c1-14(18)20-11-5-7-16(3)9-13-19-12-8-15(2)6-4-10-17;/h17H,4-13H2,1-3H3;. The second-order valence-corrected chi connectivity index (χ2v) is 4.99. The maximum Gasteiger partial charge on any atom is 0.302 e. The Kier molecular flexibility index (Phi) is 18.9. The van der Waals surface area contributed by atoms with Gasteiger partial charge in [-0.1, -0.05) is 0 Å². The second-order valence-electron chi connectivity index (χ2n) is 4.99. The molecule has 0 fully saturated rings. The summed E-state index contributed by atoms with van der Waals surface area (Å²) >= 11 is 0. The zero-order valence-electron chi connectivity index (χ0n) is 13.7. The van der Waals surface area contributed by atoms with Crippen molar-refractivity contribution >= 4 is 5.97 Å². The van der Waals surface area contributed by atoms with Crippen LogP contribution in [0, 0.1) is 0 Å². The minimum atomic E-state index is -0.221. The summed E-state index contributed by atoms with van der Waals surface area (Å²) in [6, 6.07) is 0. The van der Waals surface area contributed by atoms with E-state index in [1.807, 2.05) is 14.1 Å². The molecular weight excluding hydrogens is 349 g/mol. The van der Waals surface area contributed by atoms with Gasteiger partial charge in [-0.15, -0.1) is 0 Å². The molecule has 0 aromatic carbocycles. The molecule has 0 saturated carbocycles. The van der Waals surface area contributed by atoms with Gasteiger partial charge in [0.2, 0.25) is 0 Å². The van der Waals surface area contributed by atoms with Gasteiger partial charge in [0.15, 0.2) is 0 Å². The molecule has 1 radical (unpaired) electrons. The zero-order valence-corrected chi connectivity index (χ0v) is 16.6. The molecule has 0 saturated heterocycles. The zero-order chi connectivity index (χ0) is 15.2. The monoisotopic (exact) mass is 379 g/mol. The normalized spacial score (nSPS) is 10.8. The van der Waals surface area contributed by atoms with Crippen molar-refractivity contribution in [3.05, 3.63) is 0 Å². The van der Waals surface area contributed by atoms with Gasteiger partial charge in [0.1, 0.15) is 0 Å². The number of nitrogens with zero attached hydrogens (tertiary/aromatic N) is 2. The van der Waals surface area contributed by atoms with Crippen molar-refractivity contribution < 1.29 is 52.1 Å². The maximum atomic E-state index is 10.6. The Morgan fingerprint density at radius 1 is 0.952 bits per heavy atom. The predicted molar refractivity (Wildman–Crippen MR) is 78.8 cm³/mol. The Morgan fingerprint density at radius 3 is 1.95 bits per heavy atom. The van der Waals surface area contributed by atoms with E-state index >= 15 is 0 Å². The summed E-state index contributed by atoms with van der Waals surface area (Å²) in [5, 5.41) is 8.71. The molecule has 0 amide bonds. The SMILES string of the molecule is CC(=O)OCCCN(C)CCOCCN(C)CCCO.[Y]. The third-order valence-corrected chi connectivity index (χ3v) is 2.92. The minimum Gasteiger partial charge on any atom is -0.466 e. The number of aliphatic hydroxyl groups is 1. The molecule has 21 heavy (non-hydrogen) atoms. The first kappa shape index (κ1) is 23.7. The Balaban J connectivity index is 0. The van der Waals surface area contributed by atoms with Gasteiger partial charge in [-0.05, 0) is 26.9 Å². The molecule has 7 heteroatoms. The first-order chi connectivity index (χ1) is 9.56. The first-order valence-electron chi connectivity index (χ1n) is 7.25. The Bertz CT molecular complexity index is 245. The molecule has 0 heterocycles. The maximum absolute atomic E-state index is 10.6. The molecule has 0 aromatic heterocycles. The fourth-order valence-corrected chi connectivity index (χ4v) is 1.66. The van der Waals surface area contributed by atoms with Crippen LogP contribution in [-0.2, 0) is 47.0 Å². The van der Waals surface area contributed by atoms with Gasteiger partial charge in [-0.25, -0.2) is 0 Å². The van der Waals surface area contributed by atoms with Crippen LogP contribution in [-0.4, -0.2) is 87.6 Å². The van der Waals surface area contributed by atoms with Crippen molar-refractivity contribution in [2.75, 3.05) is 66.7 Å². The summed E-state index contributed by atoms with van der Waals surface area (Å²) in [4.78, 5) is 14.9. The van der Waals surface area contributed by atoms with Gasteiger partial charge >= 0.3 is 5.97 Å². The van der Waals surface area contributed by atoms with Crippen LogP contribution < -0.4 is 0 Å². The van der Waals surface area contributed by atoms with E-state index in [1.165, 1.54) is 6.92 Å². The average Bonchev–Trinajstić information content (AvgIpc) is 2.40. The third kappa shape index (κ3) is 18.4. The van der Waals surface area contributed by atoms with Crippen molar-refractivity contribution in [2.24, 2.45) is 0 Å². The number of rotatable bonds is 13. The van der Waals surface area contributed by atoms with Gasteiger partial charge in [0.25, 0.3) is 0 Å². The molecule has 0 bridgehead atoms. The number of carbonyl (C=O) groups excluding carboxylic acids is 1. The minimum absolute atomic E-state index is 0. The van der Waals surface area contributed by atoms with Gasteiger partial charge < -0.3 is 24.4 Å². The summed E-state index contributed by atoms with van der Waals surface area (Å²) in [6.07, 6.45) is 1.65. The number of esters is 1. The Hall–Kier alpha value is 0.414. The number of carbonyl (C=O) groups is 1. The van der Waals surface area contributed by atoms with Gasteiger partial charge in [0.05, 0.1) is 19.8 Å². The van der Waals surface area contributed by atoms with Crippen LogP contribution in [0.4, 0.5) is 0 Å². The molecule has 0 aliphatic rings. The Morgan fingerprint density at radius 2 is 1.48 bits per heavy atom. The number of ether oxygens (including phenoxy) is 2. The summed E-state index contributed by atoms with van der Waals surface area (Å²) in [5.41, 5.74) is 0. The third-order valence-electron chi connectivity index (χ3n) is 2.92. The molecule has 0 aliphatic heterocycles. The summed E-state index contributed by atoms with van der Waals surface area (Å²) in [7, 11) is 4.06. The fraction of sp³-hybridized carbons (Fsp3) is 0.929. The van der Waals surface area contributed by atoms with E-state index in [0.29, 0.717) is 19.8 Å². The van der Waals surface area contributed by atoms with E-state index in [4.69, 9.17) is 14.6 Å². The first-order valence-corrected chi connectivity index (χ1v) is 7.25. The van der Waals surface area contributed by atoms with Gasteiger partial charge in [-0.3, -0.25) is 4.79 Å². The van der Waals surface area contributed by atoms with Crippen molar-refractivity contribution in [1.29, 1.82) is 0 Å². The number of likely N-dealkylation sites (N-methyl/N-ethyl adjacent to an activating group) is 2. The quantitative estimate of drug-likeness (QED) is 0.365. The van der Waals surface area contributed by atoms with E-state index in [1.54, 1.807) is 0 Å². The molecule has 0 rings (SSSR count). The largest absolute Gasteiger partial charge is 0.466 e. The van der Waals surface area contributed by atoms with Crippen LogP contribution in [0.2, 0.25) is 0 Å². The molecule has 0 unspecified atom stereocenters. The van der Waals surface area contributed by atoms with E-state index in [-0.39, 0.29) is 45.3 Å². The van der Waals surface area contributed by atoms with Crippen molar-refractivity contribution in [2.45, 2.75) is 19.8 Å². The topological polar surface area (TPSA) is 62.2 Å². The molecule has 0 atom stereocenters. The molecule has 0 aromatic rings. The molecule has 0 aliphatic carbocycles. The van der Waals surface area contributed by atoms with Gasteiger partial charge in [-0.2, -0.15) is 0 Å². The van der Waals surface area contributed by atoms with E-state index < -0.39 is 0 Å². The van der Waals surface area contributed by atoms with Crippen LogP contribution >= 0.6 is 0 Å². The van der Waals surface area contributed by atoms with Crippen LogP contribution in [0.25, 0.3) is 0 Å². The van der Waals surface area contributed by atoms with Crippen LogP contribution in [0.3, 0.4) is 0 Å². The van der Waals surface area contributed by atoms with Crippen LogP contribution in [0.1, 0.15) is 19.8 Å². The summed E-state index contributed by atoms with van der Waals surface area (Å²) in [6.45, 7) is 7.12. The van der Waals surface area contributed by atoms with Crippen molar-refractivity contribution in [3.8, 4) is 0 Å². The second kappa shape index (κ2) is 16.8. The van der Waals surface area contributed by atoms with Crippen molar-refractivity contribution in [3.63, 3.8) is 0 Å². The number of hydrogen-bond donors (Lipinski definition) is 1. The van der Waals surface area contributed by atoms with E-state index in [9.17, 15) is 4.79 Å². The molecule has 123 valence electrons. The number of hydrogen-bond acceptors (Lipinski definition) is 6. The summed E-state index contributed by atoms with van der Waals surface area (Å²) < 4.78 is 10.4. The van der Waals surface area contributed by atoms with Crippen LogP contribution in [0.15, 0.2) is 0 Å². The fourth-order valence-electron chi connectivity index (χ4n) is 1.66. The predicted octanol–water partition coefficient (Wildman–Crippen LogP) is 0.200. The van der Waals surface area contributed by atoms with E-state index in [0.717, 1.165) is 39.0 Å². The number of aliphatic hydroxyl groups excluding tert-OH is 1. The molecule has 1 N–H and O–H groups in total. The smallest absolute Gasteiger partial charge is 0.302 e. The molecule has 6 nitrogen and oxygen atoms in total. The summed E-state index contributed by atoms with van der Waals surface area (Å²) in [5.74, 6) is -0.221.